The lowest BCUT2D eigenvalue weighted by atomic mass is 9.94. The minimum absolute atomic E-state index is 0.0446. The molecule has 0 heterocycles. The molecule has 1 aromatic carbocycles. The molecule has 2 nitrogen and oxygen atoms in total. The molecule has 0 aliphatic heterocycles. The first-order chi connectivity index (χ1) is 8.01. The van der Waals surface area contributed by atoms with E-state index in [0.29, 0.717) is 24.1 Å². The number of hydrogen-bond donors (Lipinski definition) is 1. The highest BCUT2D eigenvalue weighted by atomic mass is 19.1. The summed E-state index contributed by atoms with van der Waals surface area (Å²) < 4.78 is 32.0. The number of rotatable bonds is 5. The molecule has 0 fully saturated rings. The molecule has 0 saturated carbocycles. The number of ether oxygens (including phenoxy) is 1. The van der Waals surface area contributed by atoms with Crippen molar-refractivity contribution in [3.8, 4) is 5.75 Å². The molecule has 0 saturated heterocycles. The number of halogens is 2. The highest BCUT2D eigenvalue weighted by Crippen LogP contribution is 2.34. The summed E-state index contributed by atoms with van der Waals surface area (Å²) in [5.74, 6) is -0.285. The Labute approximate surface area is 101 Å². The van der Waals surface area contributed by atoms with Crippen LogP contribution in [0.4, 0.5) is 8.78 Å². The van der Waals surface area contributed by atoms with E-state index in [1.165, 1.54) is 20.1 Å². The van der Waals surface area contributed by atoms with Gasteiger partial charge in [0.05, 0.1) is 7.11 Å². The van der Waals surface area contributed by atoms with Crippen LogP contribution in [0.5, 0.6) is 5.75 Å². The Balaban J connectivity index is 3.23. The van der Waals surface area contributed by atoms with Crippen molar-refractivity contribution in [3.63, 3.8) is 0 Å². The minimum Gasteiger partial charge on any atom is -0.493 e. The monoisotopic (exact) mass is 243 g/mol. The van der Waals surface area contributed by atoms with E-state index in [9.17, 15) is 8.78 Å². The second-order valence-electron chi connectivity index (χ2n) is 4.22. The molecule has 0 spiro atoms. The maximum atomic E-state index is 13.7. The van der Waals surface area contributed by atoms with Crippen molar-refractivity contribution in [3.05, 3.63) is 29.1 Å². The summed E-state index contributed by atoms with van der Waals surface area (Å²) in [6, 6.07) is 2.84. The summed E-state index contributed by atoms with van der Waals surface area (Å²) in [7, 11) is 1.41. The molecule has 96 valence electrons. The smallest absolute Gasteiger partial charge is 0.165 e. The van der Waals surface area contributed by atoms with E-state index in [1.54, 1.807) is 6.07 Å². The Morgan fingerprint density at radius 1 is 1.35 bits per heavy atom. The maximum Gasteiger partial charge on any atom is 0.165 e. The van der Waals surface area contributed by atoms with Crippen molar-refractivity contribution in [1.82, 2.24) is 0 Å². The molecule has 0 bridgehead atoms. The third kappa shape index (κ3) is 3.16. The summed E-state index contributed by atoms with van der Waals surface area (Å²) in [6.07, 6.45) is -0.487. The largest absolute Gasteiger partial charge is 0.493 e. The number of alkyl halides is 1. The van der Waals surface area contributed by atoms with Gasteiger partial charge in [0, 0.05) is 5.56 Å². The van der Waals surface area contributed by atoms with Gasteiger partial charge in [-0.15, -0.1) is 0 Å². The van der Waals surface area contributed by atoms with Gasteiger partial charge in [0.1, 0.15) is 6.17 Å². The van der Waals surface area contributed by atoms with Gasteiger partial charge in [0.15, 0.2) is 11.6 Å². The average Bonchev–Trinajstić information content (AvgIpc) is 2.28. The highest BCUT2D eigenvalue weighted by Gasteiger charge is 2.18. The van der Waals surface area contributed by atoms with Gasteiger partial charge >= 0.3 is 0 Å². The van der Waals surface area contributed by atoms with Crippen LogP contribution in [-0.4, -0.2) is 13.7 Å². The molecule has 0 radical (unpaired) electrons. The second-order valence-corrected chi connectivity index (χ2v) is 4.22. The van der Waals surface area contributed by atoms with Crippen LogP contribution in [0.25, 0.3) is 0 Å². The van der Waals surface area contributed by atoms with Gasteiger partial charge in [-0.2, -0.15) is 0 Å². The fourth-order valence-electron chi connectivity index (χ4n) is 1.85. The van der Waals surface area contributed by atoms with Crippen LogP contribution < -0.4 is 10.5 Å². The third-order valence-electron chi connectivity index (χ3n) is 2.89. The zero-order chi connectivity index (χ0) is 13.0. The Morgan fingerprint density at radius 3 is 2.47 bits per heavy atom. The van der Waals surface area contributed by atoms with Gasteiger partial charge in [-0.25, -0.2) is 8.78 Å². The van der Waals surface area contributed by atoms with Crippen LogP contribution in [0.1, 0.15) is 43.5 Å². The summed E-state index contributed by atoms with van der Waals surface area (Å²) in [5, 5.41) is 0. The zero-order valence-corrected chi connectivity index (χ0v) is 10.5. The quantitative estimate of drug-likeness (QED) is 0.861. The predicted molar refractivity (Wildman–Crippen MR) is 64.6 cm³/mol. The maximum absolute atomic E-state index is 13.7. The Morgan fingerprint density at radius 2 is 2.00 bits per heavy atom. The first-order valence-corrected chi connectivity index (χ1v) is 5.72. The molecule has 2 atom stereocenters. The van der Waals surface area contributed by atoms with E-state index in [1.807, 2.05) is 6.92 Å². The van der Waals surface area contributed by atoms with Gasteiger partial charge < -0.3 is 10.5 Å². The lowest BCUT2D eigenvalue weighted by Crippen LogP contribution is -2.07. The fraction of sp³-hybridized carbons (Fsp3) is 0.538. The van der Waals surface area contributed by atoms with E-state index >= 15 is 0 Å². The fourth-order valence-corrected chi connectivity index (χ4v) is 1.85. The van der Waals surface area contributed by atoms with Crippen LogP contribution >= 0.6 is 0 Å². The standard InChI is InChI=1S/C13H19F2NO/c1-8(4-5-16)11-6-10(9(2)14)7-12(15)13(11)17-3/h6-9H,4-5,16H2,1-3H3. The van der Waals surface area contributed by atoms with Gasteiger partial charge in [-0.05, 0) is 43.5 Å². The van der Waals surface area contributed by atoms with Crippen LogP contribution in [0, 0.1) is 5.82 Å². The number of benzene rings is 1. The van der Waals surface area contributed by atoms with E-state index in [-0.39, 0.29) is 11.7 Å². The summed E-state index contributed by atoms with van der Waals surface area (Å²) in [5.41, 5.74) is 6.50. The molecule has 2 N–H and O–H groups in total. The molecule has 0 aliphatic carbocycles. The summed E-state index contributed by atoms with van der Waals surface area (Å²) in [4.78, 5) is 0. The second kappa shape index (κ2) is 5.96. The molecular formula is C13H19F2NO. The van der Waals surface area contributed by atoms with Crippen LogP contribution in [0.15, 0.2) is 12.1 Å². The molecule has 4 heteroatoms. The average molecular weight is 243 g/mol. The molecule has 0 aliphatic rings. The van der Waals surface area contributed by atoms with Gasteiger partial charge in [0.25, 0.3) is 0 Å². The molecule has 1 rings (SSSR count). The Hall–Kier alpha value is -1.16. The molecule has 1 aromatic rings. The molecule has 17 heavy (non-hydrogen) atoms. The molecular weight excluding hydrogens is 224 g/mol. The van der Waals surface area contributed by atoms with Crippen molar-refractivity contribution in [1.29, 1.82) is 0 Å². The van der Waals surface area contributed by atoms with Gasteiger partial charge in [-0.3, -0.25) is 0 Å². The van der Waals surface area contributed by atoms with E-state index in [4.69, 9.17) is 10.5 Å². The van der Waals surface area contributed by atoms with E-state index in [0.717, 1.165) is 0 Å². The number of methoxy groups -OCH3 is 1. The number of nitrogens with two attached hydrogens (primary N) is 1. The van der Waals surface area contributed by atoms with Crippen molar-refractivity contribution in [2.75, 3.05) is 13.7 Å². The Kier molecular flexibility index (Phi) is 4.87. The topological polar surface area (TPSA) is 35.2 Å². The zero-order valence-electron chi connectivity index (χ0n) is 10.5. The lowest BCUT2D eigenvalue weighted by molar-refractivity contribution is 0.360. The van der Waals surface area contributed by atoms with Crippen molar-refractivity contribution >= 4 is 0 Å². The first-order valence-electron chi connectivity index (χ1n) is 5.72. The van der Waals surface area contributed by atoms with Gasteiger partial charge in [0.2, 0.25) is 0 Å². The van der Waals surface area contributed by atoms with Crippen LogP contribution in [0.2, 0.25) is 0 Å². The highest BCUT2D eigenvalue weighted by molar-refractivity contribution is 5.41. The first kappa shape index (κ1) is 13.9. The number of hydrogen-bond acceptors (Lipinski definition) is 2. The minimum atomic E-state index is -1.20. The summed E-state index contributed by atoms with van der Waals surface area (Å²) in [6.45, 7) is 3.82. The van der Waals surface area contributed by atoms with E-state index < -0.39 is 12.0 Å². The van der Waals surface area contributed by atoms with Crippen LogP contribution in [0.3, 0.4) is 0 Å². The normalized spacial score (nSPS) is 14.5. The van der Waals surface area contributed by atoms with Crippen molar-refractivity contribution < 1.29 is 13.5 Å². The van der Waals surface area contributed by atoms with Crippen molar-refractivity contribution in [2.45, 2.75) is 32.4 Å². The third-order valence-corrected chi connectivity index (χ3v) is 2.89. The predicted octanol–water partition coefficient (Wildman–Crippen LogP) is 3.32. The van der Waals surface area contributed by atoms with E-state index in [2.05, 4.69) is 0 Å². The van der Waals surface area contributed by atoms with Crippen molar-refractivity contribution in [2.24, 2.45) is 5.73 Å². The van der Waals surface area contributed by atoms with Crippen LogP contribution in [-0.2, 0) is 0 Å². The summed E-state index contributed by atoms with van der Waals surface area (Å²) >= 11 is 0. The van der Waals surface area contributed by atoms with Gasteiger partial charge in [-0.1, -0.05) is 6.92 Å². The Bertz CT molecular complexity index is 380. The molecule has 0 amide bonds. The lowest BCUT2D eigenvalue weighted by Gasteiger charge is -2.17. The molecule has 0 aromatic heterocycles. The molecule has 2 unspecified atom stereocenters. The SMILES string of the molecule is COc1c(F)cc(C(C)F)cc1C(C)CCN.